The van der Waals surface area contributed by atoms with Gasteiger partial charge in [0.05, 0.1) is 7.11 Å². The Hall–Kier alpha value is -1.55. The molecule has 16 heavy (non-hydrogen) atoms. The average Bonchev–Trinajstić information content (AvgIpc) is 2.27. The minimum Gasteiger partial charge on any atom is -0.496 e. The van der Waals surface area contributed by atoms with E-state index in [4.69, 9.17) is 9.84 Å². The molecule has 0 amide bonds. The van der Waals surface area contributed by atoms with Gasteiger partial charge in [-0.3, -0.25) is 4.79 Å². The monoisotopic (exact) mass is 221 g/mol. The quantitative estimate of drug-likeness (QED) is 0.785. The number of hydrogen-bond donors (Lipinski definition) is 2. The lowest BCUT2D eigenvalue weighted by atomic mass is 9.94. The Labute approximate surface area is 94.2 Å². The Bertz CT molecular complexity index is 429. The van der Waals surface area contributed by atoms with Gasteiger partial charge in [-0.05, 0) is 36.1 Å². The van der Waals surface area contributed by atoms with E-state index in [9.17, 15) is 4.79 Å². The third-order valence-electron chi connectivity index (χ3n) is 2.98. The molecule has 1 atom stereocenters. The van der Waals surface area contributed by atoms with Crippen LogP contribution in [-0.4, -0.2) is 24.2 Å². The molecule has 1 aromatic carbocycles. The number of rotatable bonds is 2. The van der Waals surface area contributed by atoms with E-state index in [2.05, 4.69) is 11.4 Å². The summed E-state index contributed by atoms with van der Waals surface area (Å²) in [5.74, 6) is 0.0231. The van der Waals surface area contributed by atoms with Gasteiger partial charge in [0.25, 0.3) is 0 Å². The van der Waals surface area contributed by atoms with Crippen molar-refractivity contribution in [2.75, 3.05) is 7.11 Å². The normalized spacial score (nSPS) is 19.0. The largest absolute Gasteiger partial charge is 0.496 e. The number of fused-ring (bicyclic) bond motifs is 1. The van der Waals surface area contributed by atoms with Crippen LogP contribution in [0.15, 0.2) is 12.1 Å². The van der Waals surface area contributed by atoms with Crippen molar-refractivity contribution in [2.45, 2.75) is 25.9 Å². The predicted octanol–water partition coefficient (Wildman–Crippen LogP) is 1.10. The van der Waals surface area contributed by atoms with Gasteiger partial charge in [-0.25, -0.2) is 0 Å². The van der Waals surface area contributed by atoms with Crippen molar-refractivity contribution in [3.8, 4) is 5.75 Å². The predicted molar refractivity (Wildman–Crippen MR) is 59.7 cm³/mol. The highest BCUT2D eigenvalue weighted by Gasteiger charge is 2.24. The highest BCUT2D eigenvalue weighted by molar-refractivity contribution is 5.74. The van der Waals surface area contributed by atoms with E-state index in [0.29, 0.717) is 13.0 Å². The van der Waals surface area contributed by atoms with E-state index >= 15 is 0 Å². The van der Waals surface area contributed by atoms with Crippen molar-refractivity contribution in [1.82, 2.24) is 5.32 Å². The number of aliphatic carboxylic acids is 1. The second kappa shape index (κ2) is 4.14. The first-order valence-corrected chi connectivity index (χ1v) is 5.24. The van der Waals surface area contributed by atoms with Gasteiger partial charge >= 0.3 is 5.97 Å². The van der Waals surface area contributed by atoms with Crippen LogP contribution in [-0.2, 0) is 17.8 Å². The van der Waals surface area contributed by atoms with Crippen LogP contribution in [0.2, 0.25) is 0 Å². The second-order valence-electron chi connectivity index (χ2n) is 4.07. The van der Waals surface area contributed by atoms with Crippen LogP contribution in [0.5, 0.6) is 5.75 Å². The van der Waals surface area contributed by atoms with Crippen LogP contribution in [0, 0.1) is 6.92 Å². The second-order valence-corrected chi connectivity index (χ2v) is 4.07. The van der Waals surface area contributed by atoms with Crippen LogP contribution in [0.3, 0.4) is 0 Å². The molecular formula is C12H15NO3. The highest BCUT2D eigenvalue weighted by atomic mass is 16.5. The lowest BCUT2D eigenvalue weighted by Gasteiger charge is -2.24. The zero-order chi connectivity index (χ0) is 11.7. The number of hydrogen-bond acceptors (Lipinski definition) is 3. The maximum absolute atomic E-state index is 10.9. The summed E-state index contributed by atoms with van der Waals surface area (Å²) in [5.41, 5.74) is 3.31. The van der Waals surface area contributed by atoms with Crippen LogP contribution in [0.4, 0.5) is 0 Å². The summed E-state index contributed by atoms with van der Waals surface area (Å²) < 4.78 is 5.24. The molecule has 0 saturated carbocycles. The fourth-order valence-corrected chi connectivity index (χ4v) is 2.06. The van der Waals surface area contributed by atoms with E-state index in [1.165, 1.54) is 0 Å². The highest BCUT2D eigenvalue weighted by Crippen LogP contribution is 2.26. The minimum atomic E-state index is -0.801. The number of benzene rings is 1. The van der Waals surface area contributed by atoms with E-state index < -0.39 is 12.0 Å². The average molecular weight is 221 g/mol. The van der Waals surface area contributed by atoms with Gasteiger partial charge in [0, 0.05) is 6.54 Å². The number of aryl methyl sites for hydroxylation is 1. The standard InChI is InChI=1S/C12H15NO3/c1-7-3-9-6-13-10(12(14)15)4-8(9)5-11(7)16-2/h3,5,10,13H,4,6H2,1-2H3,(H,14,15)/t10-/m0/s1. The molecule has 0 bridgehead atoms. The fourth-order valence-electron chi connectivity index (χ4n) is 2.06. The fraction of sp³-hybridized carbons (Fsp3) is 0.417. The molecule has 4 heteroatoms. The SMILES string of the molecule is COc1cc2c(cc1C)CN[C@H](C(=O)O)C2. The molecule has 0 radical (unpaired) electrons. The molecule has 0 saturated heterocycles. The van der Waals surface area contributed by atoms with E-state index in [-0.39, 0.29) is 0 Å². The summed E-state index contributed by atoms with van der Waals surface area (Å²) in [4.78, 5) is 10.9. The molecule has 2 rings (SSSR count). The van der Waals surface area contributed by atoms with Gasteiger partial charge < -0.3 is 15.2 Å². The number of carboxylic acids is 1. The zero-order valence-corrected chi connectivity index (χ0v) is 9.41. The van der Waals surface area contributed by atoms with Gasteiger partial charge in [0.15, 0.2) is 0 Å². The summed E-state index contributed by atoms with van der Waals surface area (Å²) in [7, 11) is 1.63. The molecule has 4 nitrogen and oxygen atoms in total. The number of carbonyl (C=O) groups is 1. The Morgan fingerprint density at radius 1 is 1.50 bits per heavy atom. The van der Waals surface area contributed by atoms with Crippen LogP contribution >= 0.6 is 0 Å². The first-order chi connectivity index (χ1) is 7.61. The van der Waals surface area contributed by atoms with Crippen molar-refractivity contribution in [1.29, 1.82) is 0 Å². The maximum Gasteiger partial charge on any atom is 0.321 e. The number of carboxylic acid groups (broad SMARTS) is 1. The van der Waals surface area contributed by atoms with Gasteiger partial charge in [0.2, 0.25) is 0 Å². The lowest BCUT2D eigenvalue weighted by molar-refractivity contribution is -0.139. The van der Waals surface area contributed by atoms with Crippen molar-refractivity contribution in [3.05, 3.63) is 28.8 Å². The first-order valence-electron chi connectivity index (χ1n) is 5.24. The number of nitrogens with one attached hydrogen (secondary N) is 1. The molecule has 0 aromatic heterocycles. The Kier molecular flexibility index (Phi) is 2.83. The van der Waals surface area contributed by atoms with Gasteiger partial charge in [-0.15, -0.1) is 0 Å². The summed E-state index contributed by atoms with van der Waals surface area (Å²) >= 11 is 0. The van der Waals surface area contributed by atoms with Crippen molar-refractivity contribution in [2.24, 2.45) is 0 Å². The third kappa shape index (κ3) is 1.88. The molecule has 0 fully saturated rings. The summed E-state index contributed by atoms with van der Waals surface area (Å²) in [5, 5.41) is 12.0. The van der Waals surface area contributed by atoms with Gasteiger partial charge in [0.1, 0.15) is 11.8 Å². The molecule has 2 N–H and O–H groups in total. The summed E-state index contributed by atoms with van der Waals surface area (Å²) in [6.07, 6.45) is 0.515. The smallest absolute Gasteiger partial charge is 0.321 e. The van der Waals surface area contributed by atoms with E-state index in [1.54, 1.807) is 7.11 Å². The lowest BCUT2D eigenvalue weighted by Crippen LogP contribution is -2.41. The first kappa shape index (κ1) is 11.0. The molecule has 1 aliphatic heterocycles. The Morgan fingerprint density at radius 2 is 2.25 bits per heavy atom. The Morgan fingerprint density at radius 3 is 2.88 bits per heavy atom. The van der Waals surface area contributed by atoms with Crippen LogP contribution in [0.25, 0.3) is 0 Å². The van der Waals surface area contributed by atoms with E-state index in [1.807, 2.05) is 13.0 Å². The topological polar surface area (TPSA) is 58.6 Å². The maximum atomic E-state index is 10.9. The van der Waals surface area contributed by atoms with Crippen LogP contribution in [0.1, 0.15) is 16.7 Å². The van der Waals surface area contributed by atoms with Gasteiger partial charge in [-0.1, -0.05) is 6.07 Å². The summed E-state index contributed by atoms with van der Waals surface area (Å²) in [6, 6.07) is 3.51. The van der Waals surface area contributed by atoms with Crippen molar-refractivity contribution in [3.63, 3.8) is 0 Å². The Balaban J connectivity index is 2.34. The van der Waals surface area contributed by atoms with Crippen LogP contribution < -0.4 is 10.1 Å². The molecule has 86 valence electrons. The molecule has 1 heterocycles. The molecule has 0 aliphatic carbocycles. The van der Waals surface area contributed by atoms with E-state index in [0.717, 1.165) is 22.4 Å². The van der Waals surface area contributed by atoms with Crippen molar-refractivity contribution < 1.29 is 14.6 Å². The third-order valence-corrected chi connectivity index (χ3v) is 2.98. The molecular weight excluding hydrogens is 206 g/mol. The number of ether oxygens (including phenoxy) is 1. The van der Waals surface area contributed by atoms with Crippen molar-refractivity contribution >= 4 is 5.97 Å². The molecule has 1 aromatic rings. The number of methoxy groups -OCH3 is 1. The molecule has 1 aliphatic rings. The minimum absolute atomic E-state index is 0.486. The van der Waals surface area contributed by atoms with Gasteiger partial charge in [-0.2, -0.15) is 0 Å². The zero-order valence-electron chi connectivity index (χ0n) is 9.41. The molecule has 0 spiro atoms. The molecule has 0 unspecified atom stereocenters. The summed E-state index contributed by atoms with van der Waals surface area (Å²) in [6.45, 7) is 2.60.